The van der Waals surface area contributed by atoms with Crippen molar-refractivity contribution in [1.29, 1.82) is 0 Å². The molecule has 1 fully saturated rings. The monoisotopic (exact) mass is 265 g/mol. The minimum Gasteiger partial charge on any atom is -0.504 e. The number of nitrogens with zero attached hydrogens (tertiary/aromatic N) is 1. The van der Waals surface area contributed by atoms with Gasteiger partial charge in [-0.3, -0.25) is 4.90 Å². The quantitative estimate of drug-likeness (QED) is 0.857. The van der Waals surface area contributed by atoms with Crippen molar-refractivity contribution in [2.45, 2.75) is 32.4 Å². The Hall–Kier alpha value is -1.26. The molecule has 2 rings (SSSR count). The van der Waals surface area contributed by atoms with Gasteiger partial charge in [0.1, 0.15) is 0 Å². The first-order chi connectivity index (χ1) is 9.19. The van der Waals surface area contributed by atoms with Crippen LogP contribution in [-0.2, 0) is 11.3 Å². The Kier molecular flexibility index (Phi) is 5.05. The summed E-state index contributed by atoms with van der Waals surface area (Å²) in [6.07, 6.45) is 2.70. The van der Waals surface area contributed by atoms with E-state index >= 15 is 0 Å². The molecular formula is C15H23NO3. The Bertz CT molecular complexity index is 402. The van der Waals surface area contributed by atoms with Crippen LogP contribution in [0.5, 0.6) is 11.5 Å². The molecule has 19 heavy (non-hydrogen) atoms. The summed E-state index contributed by atoms with van der Waals surface area (Å²) in [6.45, 7) is 5.15. The molecule has 0 aromatic heterocycles. The second kappa shape index (κ2) is 6.78. The fourth-order valence-electron chi connectivity index (χ4n) is 2.44. The van der Waals surface area contributed by atoms with Crippen molar-refractivity contribution in [3.63, 3.8) is 0 Å². The molecule has 1 N–H and O–H groups in total. The van der Waals surface area contributed by atoms with Crippen molar-refractivity contribution >= 4 is 0 Å². The average Bonchev–Trinajstić information content (AvgIpc) is 2.86. The molecule has 1 saturated heterocycles. The molecule has 1 aliphatic heterocycles. The Balaban J connectivity index is 1.92. The lowest BCUT2D eigenvalue weighted by Crippen LogP contribution is -2.28. The maximum absolute atomic E-state index is 9.67. The molecule has 0 saturated carbocycles. The molecule has 0 radical (unpaired) electrons. The van der Waals surface area contributed by atoms with Crippen LogP contribution in [0.2, 0.25) is 0 Å². The van der Waals surface area contributed by atoms with Gasteiger partial charge in [-0.25, -0.2) is 0 Å². The normalized spacial score (nSPS) is 19.0. The van der Waals surface area contributed by atoms with E-state index < -0.39 is 0 Å². The van der Waals surface area contributed by atoms with E-state index in [0.29, 0.717) is 18.5 Å². The van der Waals surface area contributed by atoms with E-state index in [1.165, 1.54) is 6.42 Å². The maximum atomic E-state index is 9.67. The highest BCUT2D eigenvalue weighted by atomic mass is 16.5. The van der Waals surface area contributed by atoms with Crippen LogP contribution in [0.4, 0.5) is 0 Å². The van der Waals surface area contributed by atoms with Crippen molar-refractivity contribution in [2.24, 2.45) is 0 Å². The van der Waals surface area contributed by atoms with E-state index in [0.717, 1.165) is 31.7 Å². The summed E-state index contributed by atoms with van der Waals surface area (Å²) >= 11 is 0. The standard InChI is InChI=1S/C15H23NO3/c1-3-18-15-9-12(6-7-14(15)17)10-16(2)11-13-5-4-8-19-13/h6-7,9,13,17H,3-5,8,10-11H2,1-2H3. The molecule has 1 heterocycles. The molecule has 1 atom stereocenters. The lowest BCUT2D eigenvalue weighted by molar-refractivity contribution is 0.0793. The van der Waals surface area contributed by atoms with Crippen molar-refractivity contribution in [3.8, 4) is 11.5 Å². The number of benzene rings is 1. The molecule has 4 nitrogen and oxygen atoms in total. The summed E-state index contributed by atoms with van der Waals surface area (Å²) in [7, 11) is 2.09. The highest BCUT2D eigenvalue weighted by Gasteiger charge is 2.17. The van der Waals surface area contributed by atoms with E-state index in [1.807, 2.05) is 19.1 Å². The van der Waals surface area contributed by atoms with Crippen LogP contribution in [0.3, 0.4) is 0 Å². The Labute approximate surface area is 114 Å². The molecule has 0 aliphatic carbocycles. The van der Waals surface area contributed by atoms with Gasteiger partial charge in [0, 0.05) is 19.7 Å². The van der Waals surface area contributed by atoms with Crippen molar-refractivity contribution in [3.05, 3.63) is 23.8 Å². The smallest absolute Gasteiger partial charge is 0.161 e. The fourth-order valence-corrected chi connectivity index (χ4v) is 2.44. The number of ether oxygens (including phenoxy) is 2. The highest BCUT2D eigenvalue weighted by Crippen LogP contribution is 2.27. The van der Waals surface area contributed by atoms with E-state index in [9.17, 15) is 5.11 Å². The van der Waals surface area contributed by atoms with Crippen molar-refractivity contribution < 1.29 is 14.6 Å². The predicted octanol–water partition coefficient (Wildman–Crippen LogP) is 2.40. The van der Waals surface area contributed by atoms with Gasteiger partial charge < -0.3 is 14.6 Å². The minimum absolute atomic E-state index is 0.201. The van der Waals surface area contributed by atoms with Gasteiger partial charge in [-0.05, 0) is 44.5 Å². The lowest BCUT2D eigenvalue weighted by atomic mass is 10.1. The van der Waals surface area contributed by atoms with E-state index in [-0.39, 0.29) is 5.75 Å². The van der Waals surface area contributed by atoms with Gasteiger partial charge in [-0.2, -0.15) is 0 Å². The van der Waals surface area contributed by atoms with E-state index in [1.54, 1.807) is 6.07 Å². The zero-order chi connectivity index (χ0) is 13.7. The number of aromatic hydroxyl groups is 1. The summed E-state index contributed by atoms with van der Waals surface area (Å²) in [6, 6.07) is 5.54. The second-order valence-electron chi connectivity index (χ2n) is 5.07. The van der Waals surface area contributed by atoms with Gasteiger partial charge in [0.15, 0.2) is 11.5 Å². The topological polar surface area (TPSA) is 41.9 Å². The van der Waals surface area contributed by atoms with Crippen LogP contribution < -0.4 is 4.74 Å². The summed E-state index contributed by atoms with van der Waals surface area (Å²) in [5, 5.41) is 9.67. The maximum Gasteiger partial charge on any atom is 0.161 e. The molecule has 0 bridgehead atoms. The molecule has 0 spiro atoms. The van der Waals surface area contributed by atoms with Crippen LogP contribution in [0.1, 0.15) is 25.3 Å². The summed E-state index contributed by atoms with van der Waals surface area (Å²) in [4.78, 5) is 2.25. The molecule has 106 valence electrons. The van der Waals surface area contributed by atoms with Gasteiger partial charge in [0.2, 0.25) is 0 Å². The van der Waals surface area contributed by atoms with Crippen LogP contribution >= 0.6 is 0 Å². The van der Waals surface area contributed by atoms with Crippen LogP contribution in [0.15, 0.2) is 18.2 Å². The van der Waals surface area contributed by atoms with Gasteiger partial charge in [-0.1, -0.05) is 6.07 Å². The minimum atomic E-state index is 0.201. The molecule has 0 amide bonds. The van der Waals surface area contributed by atoms with Gasteiger partial charge >= 0.3 is 0 Å². The number of hydrogen-bond acceptors (Lipinski definition) is 4. The fraction of sp³-hybridized carbons (Fsp3) is 0.600. The number of hydrogen-bond donors (Lipinski definition) is 1. The van der Waals surface area contributed by atoms with Crippen molar-refractivity contribution in [1.82, 2.24) is 4.90 Å². The molecular weight excluding hydrogens is 242 g/mol. The summed E-state index contributed by atoms with van der Waals surface area (Å²) in [5.41, 5.74) is 1.14. The third-order valence-electron chi connectivity index (χ3n) is 3.32. The second-order valence-corrected chi connectivity index (χ2v) is 5.07. The third-order valence-corrected chi connectivity index (χ3v) is 3.32. The molecule has 1 aliphatic rings. The summed E-state index contributed by atoms with van der Waals surface area (Å²) < 4.78 is 11.0. The lowest BCUT2D eigenvalue weighted by Gasteiger charge is -2.20. The molecule has 1 aromatic carbocycles. The van der Waals surface area contributed by atoms with Crippen LogP contribution in [0.25, 0.3) is 0 Å². The summed E-state index contributed by atoms with van der Waals surface area (Å²) in [5.74, 6) is 0.762. The van der Waals surface area contributed by atoms with Gasteiger partial charge in [0.05, 0.1) is 12.7 Å². The number of rotatable bonds is 6. The molecule has 4 heteroatoms. The zero-order valence-electron chi connectivity index (χ0n) is 11.8. The van der Waals surface area contributed by atoms with Gasteiger partial charge in [0.25, 0.3) is 0 Å². The first-order valence-corrected chi connectivity index (χ1v) is 6.94. The Morgan fingerprint density at radius 2 is 2.32 bits per heavy atom. The van der Waals surface area contributed by atoms with Crippen LogP contribution in [-0.4, -0.2) is 42.9 Å². The number of phenolic OH excluding ortho intramolecular Hbond substituents is 1. The van der Waals surface area contributed by atoms with E-state index in [4.69, 9.17) is 9.47 Å². The first kappa shape index (κ1) is 14.2. The SMILES string of the molecule is CCOc1cc(CN(C)CC2CCCO2)ccc1O. The Morgan fingerprint density at radius 1 is 1.47 bits per heavy atom. The van der Waals surface area contributed by atoms with Gasteiger partial charge in [-0.15, -0.1) is 0 Å². The largest absolute Gasteiger partial charge is 0.504 e. The third kappa shape index (κ3) is 4.11. The van der Waals surface area contributed by atoms with E-state index in [2.05, 4.69) is 11.9 Å². The molecule has 1 aromatic rings. The average molecular weight is 265 g/mol. The zero-order valence-corrected chi connectivity index (χ0v) is 11.8. The molecule has 1 unspecified atom stereocenters. The van der Waals surface area contributed by atoms with Crippen molar-refractivity contribution in [2.75, 3.05) is 26.8 Å². The number of likely N-dealkylation sites (N-methyl/N-ethyl adjacent to an activating group) is 1. The predicted molar refractivity (Wildman–Crippen MR) is 74.6 cm³/mol. The van der Waals surface area contributed by atoms with Crippen LogP contribution in [0, 0.1) is 0 Å². The number of phenols is 1. The first-order valence-electron chi connectivity index (χ1n) is 6.94. The highest BCUT2D eigenvalue weighted by molar-refractivity contribution is 5.41. The Morgan fingerprint density at radius 3 is 3.00 bits per heavy atom.